The number of urea groups is 1. The quantitative estimate of drug-likeness (QED) is 0.847. The molecule has 0 bridgehead atoms. The van der Waals surface area contributed by atoms with Crippen molar-refractivity contribution >= 4 is 23.5 Å². The molecule has 2 N–H and O–H groups in total. The third-order valence-electron chi connectivity index (χ3n) is 4.44. The van der Waals surface area contributed by atoms with Gasteiger partial charge in [0.05, 0.1) is 6.61 Å². The van der Waals surface area contributed by atoms with Crippen LogP contribution in [0.15, 0.2) is 18.2 Å². The lowest BCUT2D eigenvalue weighted by atomic mass is 10.1. The zero-order chi connectivity index (χ0) is 17.5. The summed E-state index contributed by atoms with van der Waals surface area (Å²) in [6.07, 6.45) is 4.44. The molecular formula is C18H27N3O3. The van der Waals surface area contributed by atoms with E-state index in [1.807, 2.05) is 20.0 Å². The standard InChI is InChI=1S/C18H27N3O3/c1-4-24-18(23)20-16-11-7-10-15(13(16)2)19-17(22)21(3)12-14-8-5-6-9-14/h7,10-11,14H,4-6,8-9,12H2,1-3H3,(H,19,22)(H,20,23). The van der Waals surface area contributed by atoms with Crippen molar-refractivity contribution < 1.29 is 14.3 Å². The molecular weight excluding hydrogens is 306 g/mol. The van der Waals surface area contributed by atoms with Gasteiger partial charge >= 0.3 is 12.1 Å². The summed E-state index contributed by atoms with van der Waals surface area (Å²) in [7, 11) is 1.82. The first-order chi connectivity index (χ1) is 11.5. The first-order valence-corrected chi connectivity index (χ1v) is 8.56. The summed E-state index contributed by atoms with van der Waals surface area (Å²) in [6, 6.07) is 5.27. The molecule has 0 atom stereocenters. The van der Waals surface area contributed by atoms with Crippen LogP contribution in [0.5, 0.6) is 0 Å². The van der Waals surface area contributed by atoms with Gasteiger partial charge in [-0.05, 0) is 50.3 Å². The molecule has 0 spiro atoms. The first-order valence-electron chi connectivity index (χ1n) is 8.56. The number of amides is 3. The number of rotatable bonds is 5. The summed E-state index contributed by atoms with van der Waals surface area (Å²) in [6.45, 7) is 4.70. The van der Waals surface area contributed by atoms with E-state index in [4.69, 9.17) is 4.74 Å². The first kappa shape index (κ1) is 18.1. The minimum Gasteiger partial charge on any atom is -0.450 e. The topological polar surface area (TPSA) is 70.7 Å². The number of nitrogens with one attached hydrogen (secondary N) is 2. The Bertz CT molecular complexity index is 583. The molecule has 1 aromatic carbocycles. The lowest BCUT2D eigenvalue weighted by molar-refractivity contribution is 0.168. The highest BCUT2D eigenvalue weighted by atomic mass is 16.5. The van der Waals surface area contributed by atoms with Crippen LogP contribution in [-0.4, -0.2) is 37.2 Å². The van der Waals surface area contributed by atoms with E-state index < -0.39 is 6.09 Å². The van der Waals surface area contributed by atoms with Crippen molar-refractivity contribution in [3.8, 4) is 0 Å². The van der Waals surface area contributed by atoms with Gasteiger partial charge in [0.2, 0.25) is 0 Å². The lowest BCUT2D eigenvalue weighted by Crippen LogP contribution is -2.35. The number of hydrogen-bond acceptors (Lipinski definition) is 3. The molecule has 24 heavy (non-hydrogen) atoms. The average molecular weight is 333 g/mol. The van der Waals surface area contributed by atoms with E-state index in [1.54, 1.807) is 24.0 Å². The van der Waals surface area contributed by atoms with E-state index in [1.165, 1.54) is 25.7 Å². The number of anilines is 2. The van der Waals surface area contributed by atoms with Gasteiger partial charge in [-0.1, -0.05) is 18.9 Å². The molecule has 0 aromatic heterocycles. The Morgan fingerprint density at radius 3 is 2.46 bits per heavy atom. The van der Waals surface area contributed by atoms with E-state index >= 15 is 0 Å². The molecule has 1 aliphatic rings. The van der Waals surface area contributed by atoms with E-state index in [9.17, 15) is 9.59 Å². The van der Waals surface area contributed by atoms with Crippen molar-refractivity contribution in [3.05, 3.63) is 23.8 Å². The fourth-order valence-electron chi connectivity index (χ4n) is 3.06. The van der Waals surface area contributed by atoms with E-state index in [0.717, 1.165) is 12.1 Å². The van der Waals surface area contributed by atoms with E-state index in [0.29, 0.717) is 23.9 Å². The molecule has 6 heteroatoms. The van der Waals surface area contributed by atoms with Crippen molar-refractivity contribution in [1.82, 2.24) is 4.90 Å². The van der Waals surface area contributed by atoms with Crippen molar-refractivity contribution in [1.29, 1.82) is 0 Å². The summed E-state index contributed by atoms with van der Waals surface area (Å²) in [5, 5.41) is 5.61. The number of ether oxygens (including phenoxy) is 1. The molecule has 1 aromatic rings. The smallest absolute Gasteiger partial charge is 0.411 e. The number of hydrogen-bond donors (Lipinski definition) is 2. The number of carbonyl (C=O) groups excluding carboxylic acids is 2. The maximum Gasteiger partial charge on any atom is 0.411 e. The second-order valence-electron chi connectivity index (χ2n) is 6.28. The van der Waals surface area contributed by atoms with Gasteiger partial charge in [-0.25, -0.2) is 9.59 Å². The van der Waals surface area contributed by atoms with Crippen LogP contribution in [0.3, 0.4) is 0 Å². The van der Waals surface area contributed by atoms with Crippen molar-refractivity contribution in [3.63, 3.8) is 0 Å². The van der Waals surface area contributed by atoms with Gasteiger partial charge in [-0.15, -0.1) is 0 Å². The molecule has 6 nitrogen and oxygen atoms in total. The number of nitrogens with zero attached hydrogens (tertiary/aromatic N) is 1. The Balaban J connectivity index is 1.98. The maximum atomic E-state index is 12.4. The van der Waals surface area contributed by atoms with Crippen molar-refractivity contribution in [2.24, 2.45) is 5.92 Å². The fourth-order valence-corrected chi connectivity index (χ4v) is 3.06. The molecule has 0 saturated heterocycles. The molecule has 0 unspecified atom stereocenters. The van der Waals surface area contributed by atoms with Gasteiger partial charge in [0.1, 0.15) is 0 Å². The Labute approximate surface area is 143 Å². The van der Waals surface area contributed by atoms with E-state index in [-0.39, 0.29) is 6.03 Å². The highest BCUT2D eigenvalue weighted by Crippen LogP contribution is 2.26. The van der Waals surface area contributed by atoms with Crippen LogP contribution in [0.2, 0.25) is 0 Å². The van der Waals surface area contributed by atoms with Crippen LogP contribution >= 0.6 is 0 Å². The highest BCUT2D eigenvalue weighted by Gasteiger charge is 2.20. The predicted octanol–water partition coefficient (Wildman–Crippen LogP) is 4.22. The fraction of sp³-hybridized carbons (Fsp3) is 0.556. The SMILES string of the molecule is CCOC(=O)Nc1cccc(NC(=O)N(C)CC2CCCC2)c1C. The Kier molecular flexibility index (Phi) is 6.46. The molecule has 132 valence electrons. The predicted molar refractivity (Wildman–Crippen MR) is 95.4 cm³/mol. The van der Waals surface area contributed by atoms with Gasteiger partial charge in [0.25, 0.3) is 0 Å². The normalized spacial score (nSPS) is 14.3. The van der Waals surface area contributed by atoms with Crippen molar-refractivity contribution in [2.45, 2.75) is 39.5 Å². The van der Waals surface area contributed by atoms with Gasteiger partial charge < -0.3 is 15.0 Å². The minimum absolute atomic E-state index is 0.127. The Morgan fingerprint density at radius 2 is 1.83 bits per heavy atom. The van der Waals surface area contributed by atoms with Crippen LogP contribution in [0.4, 0.5) is 21.0 Å². The Hall–Kier alpha value is -2.24. The maximum absolute atomic E-state index is 12.4. The molecule has 0 aliphatic heterocycles. The zero-order valence-corrected chi connectivity index (χ0v) is 14.7. The highest BCUT2D eigenvalue weighted by molar-refractivity contribution is 5.93. The average Bonchev–Trinajstić information content (AvgIpc) is 3.04. The van der Waals surface area contributed by atoms with Gasteiger partial charge in [-0.3, -0.25) is 5.32 Å². The largest absolute Gasteiger partial charge is 0.450 e. The van der Waals surface area contributed by atoms with Crippen LogP contribution in [0, 0.1) is 12.8 Å². The zero-order valence-electron chi connectivity index (χ0n) is 14.7. The molecule has 1 saturated carbocycles. The van der Waals surface area contributed by atoms with Gasteiger partial charge in [0.15, 0.2) is 0 Å². The minimum atomic E-state index is -0.498. The summed E-state index contributed by atoms with van der Waals surface area (Å²) in [5.41, 5.74) is 2.12. The number of carbonyl (C=O) groups is 2. The molecule has 0 heterocycles. The van der Waals surface area contributed by atoms with Gasteiger partial charge in [-0.2, -0.15) is 0 Å². The third kappa shape index (κ3) is 4.88. The second kappa shape index (κ2) is 8.57. The molecule has 1 fully saturated rings. The molecule has 1 aliphatic carbocycles. The Morgan fingerprint density at radius 1 is 1.21 bits per heavy atom. The van der Waals surface area contributed by atoms with Crippen LogP contribution in [-0.2, 0) is 4.74 Å². The summed E-state index contributed by atoms with van der Waals surface area (Å²) in [4.78, 5) is 25.7. The second-order valence-corrected chi connectivity index (χ2v) is 6.28. The third-order valence-corrected chi connectivity index (χ3v) is 4.44. The molecule has 0 radical (unpaired) electrons. The lowest BCUT2D eigenvalue weighted by Gasteiger charge is -2.22. The van der Waals surface area contributed by atoms with Crippen molar-refractivity contribution in [2.75, 3.05) is 30.8 Å². The molecule has 3 amide bonds. The van der Waals surface area contributed by atoms with Gasteiger partial charge in [0, 0.05) is 25.0 Å². The summed E-state index contributed by atoms with van der Waals surface area (Å²) in [5.74, 6) is 0.610. The monoisotopic (exact) mass is 333 g/mol. The summed E-state index contributed by atoms with van der Waals surface area (Å²) >= 11 is 0. The molecule has 2 rings (SSSR count). The summed E-state index contributed by atoms with van der Waals surface area (Å²) < 4.78 is 4.89. The van der Waals surface area contributed by atoms with Crippen LogP contribution in [0.25, 0.3) is 0 Å². The van der Waals surface area contributed by atoms with Crippen LogP contribution in [0.1, 0.15) is 38.2 Å². The van der Waals surface area contributed by atoms with E-state index in [2.05, 4.69) is 10.6 Å². The van der Waals surface area contributed by atoms with Crippen LogP contribution < -0.4 is 10.6 Å². The number of benzene rings is 1.